The van der Waals surface area contributed by atoms with Gasteiger partial charge in [-0.25, -0.2) is 9.50 Å². The summed E-state index contributed by atoms with van der Waals surface area (Å²) in [6.07, 6.45) is 3.77. The second-order valence-corrected chi connectivity index (χ2v) is 5.61. The van der Waals surface area contributed by atoms with Crippen LogP contribution in [0, 0.1) is 0 Å². The molecule has 1 aliphatic heterocycles. The van der Waals surface area contributed by atoms with Crippen LogP contribution in [0.25, 0.3) is 5.52 Å². The van der Waals surface area contributed by atoms with E-state index in [-0.39, 0.29) is 0 Å². The van der Waals surface area contributed by atoms with Crippen molar-refractivity contribution in [2.24, 2.45) is 0 Å². The molecule has 102 valence electrons. The molecule has 5 nitrogen and oxygen atoms in total. The predicted molar refractivity (Wildman–Crippen MR) is 76.8 cm³/mol. The summed E-state index contributed by atoms with van der Waals surface area (Å²) in [4.78, 5) is 6.92. The number of nitrogens with one attached hydrogen (secondary N) is 1. The van der Waals surface area contributed by atoms with E-state index in [2.05, 4.69) is 47.1 Å². The van der Waals surface area contributed by atoms with E-state index in [1.165, 1.54) is 0 Å². The molecule has 2 aromatic heterocycles. The fourth-order valence-corrected chi connectivity index (χ4v) is 2.58. The first kappa shape index (κ1) is 12.4. The number of anilines is 1. The molecular weight excluding hydrogens is 238 g/mol. The highest BCUT2D eigenvalue weighted by Gasteiger charge is 2.20. The van der Waals surface area contributed by atoms with Gasteiger partial charge in [0.15, 0.2) is 5.82 Å². The molecule has 0 amide bonds. The number of aromatic nitrogens is 3. The summed E-state index contributed by atoms with van der Waals surface area (Å²) in [5.74, 6) is 1.49. The minimum atomic E-state index is 0.440. The van der Waals surface area contributed by atoms with Crippen molar-refractivity contribution in [3.8, 4) is 0 Å². The molecule has 3 rings (SSSR count). The fourth-order valence-electron chi connectivity index (χ4n) is 2.58. The highest BCUT2D eigenvalue weighted by molar-refractivity contribution is 5.69. The van der Waals surface area contributed by atoms with Crippen molar-refractivity contribution in [1.29, 1.82) is 0 Å². The molecule has 1 aliphatic rings. The van der Waals surface area contributed by atoms with Gasteiger partial charge >= 0.3 is 0 Å². The smallest absolute Gasteiger partial charge is 0.154 e. The van der Waals surface area contributed by atoms with Gasteiger partial charge in [-0.15, -0.1) is 0 Å². The molecule has 0 spiro atoms. The quantitative estimate of drug-likeness (QED) is 0.891. The van der Waals surface area contributed by atoms with Gasteiger partial charge in [0, 0.05) is 38.1 Å². The van der Waals surface area contributed by atoms with E-state index in [1.807, 2.05) is 16.9 Å². The number of hydrogen-bond acceptors (Lipinski definition) is 4. The lowest BCUT2D eigenvalue weighted by Gasteiger charge is -2.32. The molecule has 0 saturated carbocycles. The van der Waals surface area contributed by atoms with Crippen molar-refractivity contribution >= 4 is 11.3 Å². The van der Waals surface area contributed by atoms with E-state index in [1.54, 1.807) is 0 Å². The summed E-state index contributed by atoms with van der Waals surface area (Å²) >= 11 is 0. The van der Waals surface area contributed by atoms with Crippen molar-refractivity contribution in [2.45, 2.75) is 32.7 Å². The zero-order valence-corrected chi connectivity index (χ0v) is 11.8. The number of hydrogen-bond donors (Lipinski definition) is 1. The normalized spacial score (nSPS) is 20.4. The van der Waals surface area contributed by atoms with Crippen LogP contribution in [-0.4, -0.2) is 40.3 Å². The zero-order chi connectivity index (χ0) is 13.4. The van der Waals surface area contributed by atoms with E-state index in [0.29, 0.717) is 12.0 Å². The number of piperazine rings is 1. The number of fused-ring (bicyclic) bond motifs is 1. The Bertz CT molecular complexity index is 574. The zero-order valence-electron chi connectivity index (χ0n) is 11.8. The maximum atomic E-state index is 4.62. The third-order valence-corrected chi connectivity index (χ3v) is 3.65. The molecule has 0 aromatic carbocycles. The van der Waals surface area contributed by atoms with Crippen LogP contribution >= 0.6 is 0 Å². The standard InChI is InChI=1S/C14H21N5/c1-10(2)12-8-13-14(16-5-7-19(13)17-12)18-6-4-15-11(3)9-18/h5,7-8,10-11,15H,4,6,9H2,1-3H3/t11-/m0/s1. The molecule has 0 aliphatic carbocycles. The lowest BCUT2D eigenvalue weighted by molar-refractivity contribution is 0.482. The molecule has 1 atom stereocenters. The maximum Gasteiger partial charge on any atom is 0.154 e. The van der Waals surface area contributed by atoms with Crippen LogP contribution in [0.2, 0.25) is 0 Å². The predicted octanol–water partition coefficient (Wildman–Crippen LogP) is 1.65. The first-order valence-corrected chi connectivity index (χ1v) is 6.98. The van der Waals surface area contributed by atoms with Gasteiger partial charge in [-0.3, -0.25) is 0 Å². The Balaban J connectivity index is 2.02. The second-order valence-electron chi connectivity index (χ2n) is 5.61. The molecule has 19 heavy (non-hydrogen) atoms. The topological polar surface area (TPSA) is 45.5 Å². The van der Waals surface area contributed by atoms with Crippen molar-refractivity contribution in [3.63, 3.8) is 0 Å². The number of nitrogens with zero attached hydrogens (tertiary/aromatic N) is 4. The monoisotopic (exact) mass is 259 g/mol. The average Bonchev–Trinajstić information content (AvgIpc) is 2.82. The first-order valence-electron chi connectivity index (χ1n) is 6.98. The highest BCUT2D eigenvalue weighted by atomic mass is 15.3. The highest BCUT2D eigenvalue weighted by Crippen LogP contribution is 2.23. The summed E-state index contributed by atoms with van der Waals surface area (Å²) in [7, 11) is 0. The van der Waals surface area contributed by atoms with Gasteiger partial charge in [0.2, 0.25) is 0 Å². The first-order chi connectivity index (χ1) is 9.15. The van der Waals surface area contributed by atoms with Crippen LogP contribution in [0.1, 0.15) is 32.4 Å². The lowest BCUT2D eigenvalue weighted by atomic mass is 10.1. The minimum Gasteiger partial charge on any atom is -0.352 e. The molecule has 1 N–H and O–H groups in total. The Morgan fingerprint density at radius 1 is 1.42 bits per heavy atom. The minimum absolute atomic E-state index is 0.440. The van der Waals surface area contributed by atoms with Crippen molar-refractivity contribution < 1.29 is 0 Å². The van der Waals surface area contributed by atoms with Gasteiger partial charge in [-0.2, -0.15) is 5.10 Å². The molecule has 2 aromatic rings. The Labute approximate surface area is 113 Å². The largest absolute Gasteiger partial charge is 0.352 e. The van der Waals surface area contributed by atoms with Crippen LogP contribution in [0.3, 0.4) is 0 Å². The lowest BCUT2D eigenvalue weighted by Crippen LogP contribution is -2.49. The van der Waals surface area contributed by atoms with Crippen LogP contribution in [0.15, 0.2) is 18.5 Å². The summed E-state index contributed by atoms with van der Waals surface area (Å²) in [5, 5.41) is 8.08. The summed E-state index contributed by atoms with van der Waals surface area (Å²) in [5.41, 5.74) is 2.23. The summed E-state index contributed by atoms with van der Waals surface area (Å²) in [6.45, 7) is 9.55. The Morgan fingerprint density at radius 2 is 2.26 bits per heavy atom. The average molecular weight is 259 g/mol. The molecule has 0 bridgehead atoms. The molecule has 0 radical (unpaired) electrons. The molecule has 1 saturated heterocycles. The van der Waals surface area contributed by atoms with Crippen molar-refractivity contribution in [2.75, 3.05) is 24.5 Å². The van der Waals surface area contributed by atoms with Gasteiger partial charge in [0.1, 0.15) is 5.52 Å². The van der Waals surface area contributed by atoms with E-state index >= 15 is 0 Å². The number of rotatable bonds is 2. The van der Waals surface area contributed by atoms with E-state index in [9.17, 15) is 0 Å². The van der Waals surface area contributed by atoms with Gasteiger partial charge in [-0.1, -0.05) is 13.8 Å². The van der Waals surface area contributed by atoms with Gasteiger partial charge in [0.25, 0.3) is 0 Å². The third kappa shape index (κ3) is 2.30. The van der Waals surface area contributed by atoms with Crippen LogP contribution in [-0.2, 0) is 0 Å². The van der Waals surface area contributed by atoms with Gasteiger partial charge in [0.05, 0.1) is 5.69 Å². The molecule has 3 heterocycles. The molecular formula is C14H21N5. The van der Waals surface area contributed by atoms with E-state index in [4.69, 9.17) is 0 Å². The van der Waals surface area contributed by atoms with E-state index < -0.39 is 0 Å². The molecule has 5 heteroatoms. The van der Waals surface area contributed by atoms with Crippen molar-refractivity contribution in [3.05, 3.63) is 24.2 Å². The van der Waals surface area contributed by atoms with Gasteiger partial charge in [-0.05, 0) is 18.9 Å². The SMILES string of the molecule is CC(C)c1cc2c(N3CCN[C@@H](C)C3)nccn2n1. The fraction of sp³-hybridized carbons (Fsp3) is 0.571. The summed E-state index contributed by atoms with van der Waals surface area (Å²) in [6, 6.07) is 2.67. The van der Waals surface area contributed by atoms with E-state index in [0.717, 1.165) is 36.7 Å². The van der Waals surface area contributed by atoms with Gasteiger partial charge < -0.3 is 10.2 Å². The second kappa shape index (κ2) is 4.81. The molecule has 1 fully saturated rings. The third-order valence-electron chi connectivity index (χ3n) is 3.65. The van der Waals surface area contributed by atoms with Crippen molar-refractivity contribution in [1.82, 2.24) is 19.9 Å². The van der Waals surface area contributed by atoms with Crippen LogP contribution < -0.4 is 10.2 Å². The van der Waals surface area contributed by atoms with Crippen LogP contribution in [0.4, 0.5) is 5.82 Å². The Kier molecular flexibility index (Phi) is 3.14. The van der Waals surface area contributed by atoms with Crippen LogP contribution in [0.5, 0.6) is 0 Å². The molecule has 0 unspecified atom stereocenters. The summed E-state index contributed by atoms with van der Waals surface area (Å²) < 4.78 is 1.95. The maximum absolute atomic E-state index is 4.62. The Morgan fingerprint density at radius 3 is 3.00 bits per heavy atom. The Hall–Kier alpha value is -1.62.